The lowest BCUT2D eigenvalue weighted by Crippen LogP contribution is -2.12. The molecular weight excluding hydrogens is 386 g/mol. The molecular formula is C10H11Br2N3O4. The average molecular weight is 397 g/mol. The fourth-order valence-corrected chi connectivity index (χ4v) is 2.66. The molecule has 3 N–H and O–H groups in total. The summed E-state index contributed by atoms with van der Waals surface area (Å²) in [7, 11) is 0. The number of nitro groups is 1. The lowest BCUT2D eigenvalue weighted by Gasteiger charge is -2.09. The Labute approximate surface area is 125 Å². The molecule has 9 heteroatoms. The van der Waals surface area contributed by atoms with Gasteiger partial charge in [-0.2, -0.15) is 0 Å². The van der Waals surface area contributed by atoms with Gasteiger partial charge < -0.3 is 15.7 Å². The third-order valence-electron chi connectivity index (χ3n) is 2.15. The van der Waals surface area contributed by atoms with E-state index in [2.05, 4.69) is 37.0 Å². The molecule has 1 aromatic carbocycles. The van der Waals surface area contributed by atoms with E-state index in [9.17, 15) is 10.1 Å². The minimum absolute atomic E-state index is 0.0391. The third kappa shape index (κ3) is 4.67. The first-order valence-electron chi connectivity index (χ1n) is 5.18. The van der Waals surface area contributed by atoms with Crippen molar-refractivity contribution in [3.05, 3.63) is 31.2 Å². The Balaban J connectivity index is 2.67. The highest BCUT2D eigenvalue weighted by Gasteiger charge is 2.14. The van der Waals surface area contributed by atoms with Crippen LogP contribution in [0.4, 0.5) is 5.69 Å². The van der Waals surface area contributed by atoms with Crippen LogP contribution in [0.5, 0.6) is 5.75 Å². The van der Waals surface area contributed by atoms with E-state index >= 15 is 0 Å². The van der Waals surface area contributed by atoms with Crippen molar-refractivity contribution in [2.75, 3.05) is 6.61 Å². The van der Waals surface area contributed by atoms with Crippen molar-refractivity contribution in [3.8, 4) is 5.75 Å². The Morgan fingerprint density at radius 3 is 2.53 bits per heavy atom. The summed E-state index contributed by atoms with van der Waals surface area (Å²) in [5, 5.41) is 21.9. The Hall–Kier alpha value is -1.35. The summed E-state index contributed by atoms with van der Waals surface area (Å²) in [6, 6.07) is 2.73. The third-order valence-corrected chi connectivity index (χ3v) is 3.32. The molecule has 0 saturated carbocycles. The molecule has 0 atom stereocenters. The van der Waals surface area contributed by atoms with Crippen LogP contribution in [-0.2, 0) is 0 Å². The van der Waals surface area contributed by atoms with E-state index in [4.69, 9.17) is 15.7 Å². The van der Waals surface area contributed by atoms with E-state index in [0.717, 1.165) is 0 Å². The zero-order chi connectivity index (χ0) is 14.4. The van der Waals surface area contributed by atoms with E-state index in [0.29, 0.717) is 34.1 Å². The molecule has 0 radical (unpaired) electrons. The maximum Gasteiger partial charge on any atom is 0.271 e. The number of halogens is 2. The second kappa shape index (κ2) is 7.29. The molecule has 0 fully saturated rings. The van der Waals surface area contributed by atoms with Crippen molar-refractivity contribution in [2.24, 2.45) is 10.9 Å². The number of nitro benzene ring substituents is 1. The molecule has 0 bridgehead atoms. The molecule has 104 valence electrons. The number of hydrogen-bond donors (Lipinski definition) is 2. The van der Waals surface area contributed by atoms with Gasteiger partial charge in [0.05, 0.1) is 20.5 Å². The first-order chi connectivity index (χ1) is 8.95. The zero-order valence-electron chi connectivity index (χ0n) is 9.68. The second-order valence-corrected chi connectivity index (χ2v) is 5.25. The van der Waals surface area contributed by atoms with Gasteiger partial charge in [0.15, 0.2) is 0 Å². The number of hydrogen-bond acceptors (Lipinski definition) is 5. The van der Waals surface area contributed by atoms with Crippen molar-refractivity contribution < 1.29 is 14.9 Å². The molecule has 1 aromatic rings. The van der Waals surface area contributed by atoms with Crippen molar-refractivity contribution in [1.29, 1.82) is 0 Å². The van der Waals surface area contributed by atoms with E-state index in [1.54, 1.807) is 0 Å². The van der Waals surface area contributed by atoms with E-state index in [1.807, 2.05) is 0 Å². The molecule has 0 heterocycles. The molecule has 0 aliphatic carbocycles. The number of rotatable bonds is 6. The summed E-state index contributed by atoms with van der Waals surface area (Å²) in [5.74, 6) is 0.607. The average Bonchev–Trinajstić information content (AvgIpc) is 2.36. The zero-order valence-corrected chi connectivity index (χ0v) is 12.8. The van der Waals surface area contributed by atoms with Crippen LogP contribution in [0.25, 0.3) is 0 Å². The van der Waals surface area contributed by atoms with Crippen LogP contribution in [0, 0.1) is 10.1 Å². The summed E-state index contributed by atoms with van der Waals surface area (Å²) in [6.45, 7) is 0.339. The van der Waals surface area contributed by atoms with Gasteiger partial charge in [0, 0.05) is 18.6 Å². The molecule has 7 nitrogen and oxygen atoms in total. The van der Waals surface area contributed by atoms with Gasteiger partial charge in [0.25, 0.3) is 5.69 Å². The molecule has 0 aliphatic rings. The summed E-state index contributed by atoms with van der Waals surface area (Å²) in [4.78, 5) is 10.2. The van der Waals surface area contributed by atoms with Gasteiger partial charge in [0.1, 0.15) is 11.6 Å². The molecule has 0 unspecified atom stereocenters. The van der Waals surface area contributed by atoms with Gasteiger partial charge in [-0.25, -0.2) is 0 Å². The smallest absolute Gasteiger partial charge is 0.271 e. The topological polar surface area (TPSA) is 111 Å². The highest BCUT2D eigenvalue weighted by molar-refractivity contribution is 9.11. The van der Waals surface area contributed by atoms with Crippen LogP contribution in [0.2, 0.25) is 0 Å². The van der Waals surface area contributed by atoms with Crippen LogP contribution in [0.15, 0.2) is 26.2 Å². The summed E-state index contributed by atoms with van der Waals surface area (Å²) in [6.07, 6.45) is 0.963. The van der Waals surface area contributed by atoms with Crippen LogP contribution in [0.3, 0.4) is 0 Å². The normalized spacial score (nSPS) is 11.4. The largest absolute Gasteiger partial charge is 0.491 e. The van der Waals surface area contributed by atoms with Gasteiger partial charge >= 0.3 is 0 Å². The number of ether oxygens (including phenoxy) is 1. The van der Waals surface area contributed by atoms with Crippen LogP contribution in [0.1, 0.15) is 12.8 Å². The lowest BCUT2D eigenvalue weighted by molar-refractivity contribution is -0.385. The first kappa shape index (κ1) is 15.7. The molecule has 0 amide bonds. The van der Waals surface area contributed by atoms with Crippen LogP contribution in [-0.4, -0.2) is 22.6 Å². The van der Waals surface area contributed by atoms with Crippen molar-refractivity contribution >= 4 is 43.4 Å². The maximum atomic E-state index is 10.7. The Bertz CT molecular complexity index is 485. The molecule has 0 spiro atoms. The Morgan fingerprint density at radius 1 is 1.47 bits per heavy atom. The molecule has 0 aromatic heterocycles. The quantitative estimate of drug-likeness (QED) is 0.192. The predicted molar refractivity (Wildman–Crippen MR) is 76.6 cm³/mol. The van der Waals surface area contributed by atoms with Gasteiger partial charge in [-0.15, -0.1) is 0 Å². The fraction of sp³-hybridized carbons (Fsp3) is 0.300. The lowest BCUT2D eigenvalue weighted by atomic mass is 10.3. The predicted octanol–water partition coefficient (Wildman–Crippen LogP) is 3.03. The second-order valence-electron chi connectivity index (χ2n) is 3.54. The summed E-state index contributed by atoms with van der Waals surface area (Å²) < 4.78 is 6.46. The van der Waals surface area contributed by atoms with Crippen LogP contribution >= 0.6 is 31.9 Å². The molecule has 19 heavy (non-hydrogen) atoms. The van der Waals surface area contributed by atoms with E-state index in [-0.39, 0.29) is 11.5 Å². The molecule has 0 saturated heterocycles. The van der Waals surface area contributed by atoms with Gasteiger partial charge in [-0.3, -0.25) is 10.1 Å². The minimum Gasteiger partial charge on any atom is -0.491 e. The highest BCUT2D eigenvalue weighted by Crippen LogP contribution is 2.37. The minimum atomic E-state index is -0.488. The fourth-order valence-electron chi connectivity index (χ4n) is 1.27. The van der Waals surface area contributed by atoms with Gasteiger partial charge in [0.2, 0.25) is 0 Å². The molecule has 1 rings (SSSR count). The SMILES string of the molecule is NC(CCCOc1c(Br)cc([N+](=O)[O-])cc1Br)=NO. The summed E-state index contributed by atoms with van der Waals surface area (Å²) >= 11 is 6.43. The number of amidine groups is 1. The highest BCUT2D eigenvalue weighted by atomic mass is 79.9. The number of nitrogens with zero attached hydrogens (tertiary/aromatic N) is 2. The number of oxime groups is 1. The Morgan fingerprint density at radius 2 is 2.05 bits per heavy atom. The Kier molecular flexibility index (Phi) is 6.03. The standard InChI is InChI=1S/C10H11Br2N3O4/c11-7-4-6(15(17)18)5-8(12)10(7)19-3-1-2-9(13)14-16/h4-5,16H,1-3H2,(H2,13,14). The van der Waals surface area contributed by atoms with Gasteiger partial charge in [-0.1, -0.05) is 5.16 Å². The first-order valence-corrected chi connectivity index (χ1v) is 6.77. The number of nitrogens with two attached hydrogens (primary N) is 1. The summed E-state index contributed by atoms with van der Waals surface area (Å²) in [5.41, 5.74) is 5.28. The van der Waals surface area contributed by atoms with E-state index < -0.39 is 4.92 Å². The van der Waals surface area contributed by atoms with Crippen molar-refractivity contribution in [2.45, 2.75) is 12.8 Å². The van der Waals surface area contributed by atoms with Gasteiger partial charge in [-0.05, 0) is 38.3 Å². The maximum absolute atomic E-state index is 10.7. The number of non-ortho nitro benzene ring substituents is 1. The van der Waals surface area contributed by atoms with Crippen molar-refractivity contribution in [3.63, 3.8) is 0 Å². The van der Waals surface area contributed by atoms with Crippen molar-refractivity contribution in [1.82, 2.24) is 0 Å². The van der Waals surface area contributed by atoms with E-state index in [1.165, 1.54) is 12.1 Å². The van der Waals surface area contributed by atoms with Crippen LogP contribution < -0.4 is 10.5 Å². The number of benzene rings is 1. The molecule has 0 aliphatic heterocycles. The monoisotopic (exact) mass is 395 g/mol.